The highest BCUT2D eigenvalue weighted by Gasteiger charge is 2.28. The van der Waals surface area contributed by atoms with Gasteiger partial charge in [-0.15, -0.1) is 0 Å². The van der Waals surface area contributed by atoms with Gasteiger partial charge in [0.15, 0.2) is 6.61 Å². The number of halogens is 4. The van der Waals surface area contributed by atoms with Crippen molar-refractivity contribution in [3.8, 4) is 22.7 Å². The topological polar surface area (TPSA) is 72.8 Å². The lowest BCUT2D eigenvalue weighted by Crippen LogP contribution is -2.25. The molecule has 28 heavy (non-hydrogen) atoms. The average Bonchev–Trinajstić information content (AvgIpc) is 3.18. The second kappa shape index (κ2) is 8.17. The van der Waals surface area contributed by atoms with Crippen LogP contribution in [0.15, 0.2) is 45.9 Å². The van der Waals surface area contributed by atoms with Crippen LogP contribution in [0.2, 0.25) is 0 Å². The first-order chi connectivity index (χ1) is 13.3. The normalized spacial score (nSPS) is 11.6. The lowest BCUT2D eigenvalue weighted by Gasteiger charge is -2.15. The second-order valence-electron chi connectivity index (χ2n) is 5.97. The van der Waals surface area contributed by atoms with Crippen molar-refractivity contribution in [3.63, 3.8) is 0 Å². The molecule has 3 aromatic rings. The highest BCUT2D eigenvalue weighted by molar-refractivity contribution is 9.10. The van der Waals surface area contributed by atoms with Gasteiger partial charge in [-0.05, 0) is 46.6 Å². The number of H-pyrrole nitrogens is 1. The van der Waals surface area contributed by atoms with Crippen molar-refractivity contribution in [2.45, 2.75) is 25.9 Å². The summed E-state index contributed by atoms with van der Waals surface area (Å²) in [5.74, 6) is 0.601. The number of alkyl halides is 3. The van der Waals surface area contributed by atoms with Gasteiger partial charge in [0.25, 0.3) is 5.56 Å². The second-order valence-corrected chi connectivity index (χ2v) is 6.76. The van der Waals surface area contributed by atoms with Crippen molar-refractivity contribution in [2.24, 2.45) is 0 Å². The van der Waals surface area contributed by atoms with Crippen LogP contribution in [0.25, 0.3) is 16.9 Å². The summed E-state index contributed by atoms with van der Waals surface area (Å²) in [6.45, 7) is 0.587. The Bertz CT molecular complexity index is 999. The summed E-state index contributed by atoms with van der Waals surface area (Å²) >= 11 is 3.31. The van der Waals surface area contributed by atoms with Gasteiger partial charge in [-0.3, -0.25) is 14.5 Å². The molecule has 0 aliphatic heterocycles. The zero-order valence-electron chi connectivity index (χ0n) is 14.8. The summed E-state index contributed by atoms with van der Waals surface area (Å²) in [5.41, 5.74) is 1.31. The highest BCUT2D eigenvalue weighted by Crippen LogP contribution is 2.25. The van der Waals surface area contributed by atoms with Gasteiger partial charge >= 0.3 is 6.18 Å². The van der Waals surface area contributed by atoms with E-state index in [1.54, 1.807) is 12.4 Å². The standard InChI is InChI=1S/C18H16BrF3N4O2/c1-2-3-14-25-16(11-8-23-24-9-11)15(19)17(27)26(14)12-4-6-13(7-5-12)28-10-18(20,21)22/h4-9H,2-3,10H2,1H3,(H,23,24). The summed E-state index contributed by atoms with van der Waals surface area (Å²) in [7, 11) is 0. The number of aromatic amines is 1. The molecule has 1 N–H and O–H groups in total. The maximum Gasteiger partial charge on any atom is 0.422 e. The third kappa shape index (κ3) is 4.44. The van der Waals surface area contributed by atoms with Crippen LogP contribution >= 0.6 is 15.9 Å². The summed E-state index contributed by atoms with van der Waals surface area (Å²) in [4.78, 5) is 17.6. The Balaban J connectivity index is 2.01. The number of ether oxygens (including phenoxy) is 1. The Morgan fingerprint density at radius 1 is 1.25 bits per heavy atom. The predicted octanol–water partition coefficient (Wildman–Crippen LogP) is 4.28. The summed E-state index contributed by atoms with van der Waals surface area (Å²) in [6.07, 6.45) is 0.0890. The zero-order valence-corrected chi connectivity index (χ0v) is 16.3. The van der Waals surface area contributed by atoms with Crippen molar-refractivity contribution in [2.75, 3.05) is 6.61 Å². The number of rotatable bonds is 6. The molecular formula is C18H16BrF3N4O2. The Labute approximate surface area is 166 Å². The number of hydrogen-bond acceptors (Lipinski definition) is 4. The van der Waals surface area contributed by atoms with Crippen molar-refractivity contribution in [3.05, 3.63) is 57.3 Å². The van der Waals surface area contributed by atoms with Crippen LogP contribution in [0, 0.1) is 0 Å². The van der Waals surface area contributed by atoms with Crippen LogP contribution in [0.1, 0.15) is 19.2 Å². The first-order valence-electron chi connectivity index (χ1n) is 8.40. The Kier molecular flexibility index (Phi) is 5.87. The number of benzene rings is 1. The first kappa shape index (κ1) is 20.1. The van der Waals surface area contributed by atoms with Crippen LogP contribution in [-0.4, -0.2) is 32.5 Å². The van der Waals surface area contributed by atoms with Gasteiger partial charge in [0.05, 0.1) is 17.6 Å². The van der Waals surface area contributed by atoms with E-state index < -0.39 is 12.8 Å². The summed E-state index contributed by atoms with van der Waals surface area (Å²) in [5, 5.41) is 6.57. The fraction of sp³-hybridized carbons (Fsp3) is 0.278. The van der Waals surface area contributed by atoms with Crippen LogP contribution in [0.4, 0.5) is 13.2 Å². The monoisotopic (exact) mass is 456 g/mol. The minimum atomic E-state index is -4.42. The molecule has 6 nitrogen and oxygen atoms in total. The van der Waals surface area contributed by atoms with Gasteiger partial charge in [-0.25, -0.2) is 4.98 Å². The van der Waals surface area contributed by atoms with E-state index in [9.17, 15) is 18.0 Å². The fourth-order valence-electron chi connectivity index (χ4n) is 2.63. The number of aromatic nitrogens is 4. The SMILES string of the molecule is CCCc1nc(-c2cn[nH]c2)c(Br)c(=O)n1-c1ccc(OCC(F)(F)F)cc1. The summed E-state index contributed by atoms with van der Waals surface area (Å²) < 4.78 is 43.3. The molecule has 0 amide bonds. The molecular weight excluding hydrogens is 441 g/mol. The quantitative estimate of drug-likeness (QED) is 0.600. The van der Waals surface area contributed by atoms with Crippen LogP contribution in [0.3, 0.4) is 0 Å². The average molecular weight is 457 g/mol. The van der Waals surface area contributed by atoms with Crippen molar-refractivity contribution < 1.29 is 17.9 Å². The molecule has 10 heteroatoms. The maximum atomic E-state index is 13.0. The van der Waals surface area contributed by atoms with E-state index >= 15 is 0 Å². The molecule has 2 heterocycles. The van der Waals surface area contributed by atoms with Gasteiger partial charge in [-0.1, -0.05) is 6.92 Å². The molecule has 0 radical (unpaired) electrons. The van der Waals surface area contributed by atoms with E-state index in [0.29, 0.717) is 29.2 Å². The number of nitrogens with zero attached hydrogens (tertiary/aromatic N) is 3. The lowest BCUT2D eigenvalue weighted by molar-refractivity contribution is -0.153. The Morgan fingerprint density at radius 3 is 2.54 bits per heavy atom. The van der Waals surface area contributed by atoms with Gasteiger partial charge in [0, 0.05) is 18.2 Å². The van der Waals surface area contributed by atoms with Gasteiger partial charge < -0.3 is 4.74 Å². The molecule has 0 saturated carbocycles. The van der Waals surface area contributed by atoms with Gasteiger partial charge in [0.1, 0.15) is 16.0 Å². The molecule has 3 rings (SSSR count). The highest BCUT2D eigenvalue weighted by atomic mass is 79.9. The number of hydrogen-bond donors (Lipinski definition) is 1. The van der Waals surface area contributed by atoms with Gasteiger partial charge in [-0.2, -0.15) is 18.3 Å². The fourth-order valence-corrected chi connectivity index (χ4v) is 3.13. The summed E-state index contributed by atoms with van der Waals surface area (Å²) in [6, 6.07) is 5.83. The first-order valence-corrected chi connectivity index (χ1v) is 9.20. The van der Waals surface area contributed by atoms with E-state index in [0.717, 1.165) is 6.42 Å². The molecule has 0 bridgehead atoms. The van der Waals surface area contributed by atoms with E-state index in [2.05, 4.69) is 31.1 Å². The lowest BCUT2D eigenvalue weighted by atomic mass is 10.2. The molecule has 1 aromatic carbocycles. The van der Waals surface area contributed by atoms with Gasteiger partial charge in [0.2, 0.25) is 0 Å². The number of aryl methyl sites for hydroxylation is 1. The van der Waals surface area contributed by atoms with E-state index in [4.69, 9.17) is 4.74 Å². The molecule has 0 aliphatic rings. The van der Waals surface area contributed by atoms with Crippen LogP contribution < -0.4 is 10.3 Å². The van der Waals surface area contributed by atoms with Crippen LogP contribution in [-0.2, 0) is 6.42 Å². The van der Waals surface area contributed by atoms with E-state index in [-0.39, 0.29) is 15.8 Å². The van der Waals surface area contributed by atoms with E-state index in [1.807, 2.05) is 6.92 Å². The molecule has 2 aromatic heterocycles. The third-order valence-electron chi connectivity index (χ3n) is 3.84. The Hall–Kier alpha value is -2.62. The van der Waals surface area contributed by atoms with Crippen LogP contribution in [0.5, 0.6) is 5.75 Å². The molecule has 0 atom stereocenters. The maximum absolute atomic E-state index is 13.0. The molecule has 0 aliphatic carbocycles. The molecule has 0 saturated heterocycles. The molecule has 0 spiro atoms. The van der Waals surface area contributed by atoms with Crippen molar-refractivity contribution >= 4 is 15.9 Å². The zero-order chi connectivity index (χ0) is 20.3. The minimum absolute atomic E-state index is 0.0632. The third-order valence-corrected chi connectivity index (χ3v) is 4.56. The molecule has 148 valence electrons. The van der Waals surface area contributed by atoms with Crippen molar-refractivity contribution in [1.29, 1.82) is 0 Å². The molecule has 0 fully saturated rings. The van der Waals surface area contributed by atoms with Crippen molar-refractivity contribution in [1.82, 2.24) is 19.7 Å². The largest absolute Gasteiger partial charge is 0.484 e. The predicted molar refractivity (Wildman–Crippen MR) is 101 cm³/mol. The molecule has 0 unspecified atom stereocenters. The smallest absolute Gasteiger partial charge is 0.422 e. The number of nitrogens with one attached hydrogen (secondary N) is 1. The Morgan fingerprint density at radius 2 is 1.96 bits per heavy atom. The van der Waals surface area contributed by atoms with E-state index in [1.165, 1.54) is 28.8 Å². The minimum Gasteiger partial charge on any atom is -0.484 e.